The highest BCUT2D eigenvalue weighted by Crippen LogP contribution is 2.38. The van der Waals surface area contributed by atoms with Crippen molar-refractivity contribution in [3.05, 3.63) is 54.7 Å². The number of ether oxygens (including phenoxy) is 6. The molecular formula is C40H46N6O18. The zero-order valence-electron chi connectivity index (χ0n) is 34.1. The molecule has 0 saturated heterocycles. The van der Waals surface area contributed by atoms with Crippen LogP contribution in [0, 0.1) is 5.92 Å². The van der Waals surface area contributed by atoms with Crippen molar-refractivity contribution >= 4 is 35.4 Å². The molecule has 6 N–H and O–H groups in total. The molecule has 6 heterocycles. The van der Waals surface area contributed by atoms with E-state index in [9.17, 15) is 59.4 Å². The summed E-state index contributed by atoms with van der Waals surface area (Å²) in [6, 6.07) is 3.44. The number of rotatable bonds is 27. The van der Waals surface area contributed by atoms with Crippen molar-refractivity contribution in [3.8, 4) is 52.5 Å². The standard InChI is InChI=1S/C40H46N6O18/c47-29-1-2-30(48)41(29)7-13-59-16-10-44-35(53)19-26(38(44)56)62-22-25(23-63-27-20-36(54)45(39(27)57)11-17-60-14-8-42-31(49)3-4-32(42)50)24-64-28-21-37(55)46(40(28)58)12-18-61-15-9-43-33(51)5-6-34(43)52/h1-6,19-21,25,53-58H,7-18,22-24H2. The first-order chi connectivity index (χ1) is 30.7. The Morgan fingerprint density at radius 2 is 0.609 bits per heavy atom. The average molecular weight is 899 g/mol. The highest BCUT2D eigenvalue weighted by atomic mass is 16.5. The van der Waals surface area contributed by atoms with Crippen molar-refractivity contribution in [2.24, 2.45) is 5.92 Å². The van der Waals surface area contributed by atoms with Crippen LogP contribution in [0.3, 0.4) is 0 Å². The first kappa shape index (κ1) is 46.1. The van der Waals surface area contributed by atoms with Gasteiger partial charge in [0.25, 0.3) is 35.4 Å². The largest absolute Gasteiger partial charge is 0.494 e. The summed E-state index contributed by atoms with van der Waals surface area (Å²) in [5, 5.41) is 64.3. The molecule has 3 aromatic heterocycles. The molecule has 0 saturated carbocycles. The Kier molecular flexibility index (Phi) is 15.2. The van der Waals surface area contributed by atoms with Gasteiger partial charge in [-0.2, -0.15) is 0 Å². The van der Waals surface area contributed by atoms with Gasteiger partial charge >= 0.3 is 0 Å². The number of aromatic hydroxyl groups is 6. The summed E-state index contributed by atoms with van der Waals surface area (Å²) in [7, 11) is 0. The molecule has 0 spiro atoms. The molecule has 64 heavy (non-hydrogen) atoms. The molecule has 0 unspecified atom stereocenters. The van der Waals surface area contributed by atoms with E-state index in [4.69, 9.17) is 28.4 Å². The zero-order chi connectivity index (χ0) is 45.9. The maximum absolute atomic E-state index is 11.7. The summed E-state index contributed by atoms with van der Waals surface area (Å²) in [6.45, 7) is -0.945. The van der Waals surface area contributed by atoms with Crippen LogP contribution in [0.15, 0.2) is 54.7 Å². The van der Waals surface area contributed by atoms with Crippen LogP contribution in [0.25, 0.3) is 0 Å². The molecule has 24 heteroatoms. The summed E-state index contributed by atoms with van der Waals surface area (Å²) < 4.78 is 37.2. The molecule has 24 nitrogen and oxygen atoms in total. The minimum absolute atomic E-state index is 0.00850. The van der Waals surface area contributed by atoms with Crippen molar-refractivity contribution in [2.75, 3.05) is 79.1 Å². The Morgan fingerprint density at radius 3 is 0.859 bits per heavy atom. The molecule has 3 aromatic rings. The predicted molar refractivity (Wildman–Crippen MR) is 213 cm³/mol. The normalized spacial score (nSPS) is 14.9. The number of nitrogens with zero attached hydrogens (tertiary/aromatic N) is 6. The molecule has 0 radical (unpaired) electrons. The Bertz CT molecular complexity index is 2020. The second-order valence-corrected chi connectivity index (χ2v) is 14.1. The molecule has 0 atom stereocenters. The van der Waals surface area contributed by atoms with Crippen LogP contribution >= 0.6 is 0 Å². The third-order valence-corrected chi connectivity index (χ3v) is 9.92. The van der Waals surface area contributed by atoms with Crippen LogP contribution in [0.2, 0.25) is 0 Å². The Balaban J connectivity index is 1.04. The van der Waals surface area contributed by atoms with Gasteiger partial charge in [0.2, 0.25) is 17.6 Å². The molecule has 0 fully saturated rings. The van der Waals surface area contributed by atoms with E-state index < -0.39 is 59.0 Å². The Labute approximate surface area is 363 Å². The summed E-state index contributed by atoms with van der Waals surface area (Å²) in [5.41, 5.74) is 0. The lowest BCUT2D eigenvalue weighted by Crippen LogP contribution is -2.33. The van der Waals surface area contributed by atoms with E-state index in [0.717, 1.165) is 83.1 Å². The second kappa shape index (κ2) is 21.1. The van der Waals surface area contributed by atoms with E-state index >= 15 is 0 Å². The van der Waals surface area contributed by atoms with Gasteiger partial charge in [-0.05, 0) is 0 Å². The smallest absolute Gasteiger partial charge is 0.253 e. The molecule has 0 aromatic carbocycles. The zero-order valence-corrected chi connectivity index (χ0v) is 34.1. The molecule has 344 valence electrons. The lowest BCUT2D eigenvalue weighted by Gasteiger charge is -2.18. The number of hydrogen-bond donors (Lipinski definition) is 6. The Hall–Kier alpha value is -7.44. The van der Waals surface area contributed by atoms with E-state index in [1.807, 2.05) is 0 Å². The van der Waals surface area contributed by atoms with Gasteiger partial charge in [-0.25, -0.2) is 0 Å². The highest BCUT2D eigenvalue weighted by Gasteiger charge is 2.26. The maximum atomic E-state index is 11.7. The van der Waals surface area contributed by atoms with Crippen molar-refractivity contribution in [1.82, 2.24) is 28.4 Å². The number of carbonyl (C=O) groups is 6. The second-order valence-electron chi connectivity index (χ2n) is 14.1. The van der Waals surface area contributed by atoms with E-state index in [1.54, 1.807) is 0 Å². The fraction of sp³-hybridized carbons (Fsp3) is 0.400. The lowest BCUT2D eigenvalue weighted by molar-refractivity contribution is -0.139. The van der Waals surface area contributed by atoms with Gasteiger partial charge in [-0.1, -0.05) is 0 Å². The lowest BCUT2D eigenvalue weighted by atomic mass is 10.2. The van der Waals surface area contributed by atoms with Gasteiger partial charge in [0.1, 0.15) is 0 Å². The summed E-state index contributed by atoms with van der Waals surface area (Å²) in [4.78, 5) is 73.4. The quantitative estimate of drug-likeness (QED) is 0.0407. The number of aromatic nitrogens is 3. The van der Waals surface area contributed by atoms with E-state index in [1.165, 1.54) is 0 Å². The highest BCUT2D eigenvalue weighted by molar-refractivity contribution is 6.14. The third kappa shape index (κ3) is 11.1. The van der Waals surface area contributed by atoms with Crippen LogP contribution < -0.4 is 14.2 Å². The number of amides is 6. The number of hydrogen-bond acceptors (Lipinski definition) is 18. The minimum Gasteiger partial charge on any atom is -0.494 e. The Morgan fingerprint density at radius 1 is 0.375 bits per heavy atom. The topological polar surface area (TPSA) is 304 Å². The van der Waals surface area contributed by atoms with Crippen LogP contribution in [-0.2, 0) is 62.6 Å². The van der Waals surface area contributed by atoms with Crippen molar-refractivity contribution in [2.45, 2.75) is 19.6 Å². The maximum Gasteiger partial charge on any atom is 0.253 e. The first-order valence-corrected chi connectivity index (χ1v) is 19.8. The van der Waals surface area contributed by atoms with Gasteiger partial charge in [-0.15, -0.1) is 0 Å². The molecule has 0 bridgehead atoms. The summed E-state index contributed by atoms with van der Waals surface area (Å²) >= 11 is 0. The van der Waals surface area contributed by atoms with Gasteiger partial charge in [0, 0.05) is 54.7 Å². The van der Waals surface area contributed by atoms with Crippen LogP contribution in [0.5, 0.6) is 52.5 Å². The molecule has 3 aliphatic rings. The molecule has 6 amide bonds. The molecule has 3 aliphatic heterocycles. The number of carbonyl (C=O) groups excluding carboxylic acids is 6. The van der Waals surface area contributed by atoms with E-state index in [2.05, 4.69) is 0 Å². The third-order valence-electron chi connectivity index (χ3n) is 9.92. The molecule has 0 aliphatic carbocycles. The van der Waals surface area contributed by atoms with Crippen molar-refractivity contribution in [1.29, 1.82) is 0 Å². The van der Waals surface area contributed by atoms with E-state index in [0.29, 0.717) is 0 Å². The minimum atomic E-state index is -0.781. The van der Waals surface area contributed by atoms with Crippen molar-refractivity contribution in [3.63, 3.8) is 0 Å². The van der Waals surface area contributed by atoms with Gasteiger partial charge < -0.3 is 59.1 Å². The molecule has 6 rings (SSSR count). The fourth-order valence-corrected chi connectivity index (χ4v) is 6.45. The van der Waals surface area contributed by atoms with E-state index in [-0.39, 0.29) is 134 Å². The fourth-order valence-electron chi connectivity index (χ4n) is 6.45. The number of imide groups is 3. The van der Waals surface area contributed by atoms with Gasteiger partial charge in [0.05, 0.1) is 105 Å². The first-order valence-electron chi connectivity index (χ1n) is 19.8. The monoisotopic (exact) mass is 898 g/mol. The van der Waals surface area contributed by atoms with Gasteiger partial charge in [0.15, 0.2) is 34.9 Å². The average Bonchev–Trinajstić information content (AvgIpc) is 4.07. The summed E-state index contributed by atoms with van der Waals surface area (Å²) in [6.07, 6.45) is 6.92. The molecular weight excluding hydrogens is 852 g/mol. The van der Waals surface area contributed by atoms with Crippen molar-refractivity contribution < 1.29 is 87.8 Å². The summed E-state index contributed by atoms with van der Waals surface area (Å²) in [5.74, 6) is -6.51. The predicted octanol–water partition coefficient (Wildman–Crippen LogP) is -0.697. The van der Waals surface area contributed by atoms with Crippen LogP contribution in [0.4, 0.5) is 0 Å². The van der Waals surface area contributed by atoms with Crippen LogP contribution in [-0.4, -0.2) is 174 Å². The van der Waals surface area contributed by atoms with Gasteiger partial charge in [-0.3, -0.25) is 57.2 Å². The van der Waals surface area contributed by atoms with Crippen LogP contribution in [0.1, 0.15) is 0 Å². The SMILES string of the molecule is O=C1C=CC(=O)N1CCOCCn1c(O)cc(OCC(COc2cc(O)n(CCOCCN3C(=O)C=CC3=O)c2O)COc2cc(O)n(CCOCCN3C(=O)C=CC3=O)c2O)c1O.